The first-order valence-corrected chi connectivity index (χ1v) is 7.32. The number of thiazole rings is 1. The number of hydrogen-bond acceptors (Lipinski definition) is 2. The molecule has 0 aliphatic heterocycles. The van der Waals surface area contributed by atoms with Crippen molar-refractivity contribution in [1.29, 1.82) is 0 Å². The number of nitrogens with one attached hydrogen (secondary N) is 1. The fourth-order valence-corrected chi connectivity index (χ4v) is 2.66. The van der Waals surface area contributed by atoms with Crippen molar-refractivity contribution in [2.24, 2.45) is 4.99 Å². The van der Waals surface area contributed by atoms with Crippen molar-refractivity contribution in [2.45, 2.75) is 20.0 Å². The van der Waals surface area contributed by atoms with E-state index in [0.717, 1.165) is 17.0 Å². The van der Waals surface area contributed by atoms with Gasteiger partial charge in [-0.25, -0.2) is 4.79 Å². The number of aromatic nitrogens is 1. The number of amides is 2. The number of halogens is 3. The lowest BCUT2D eigenvalue weighted by atomic mass is 10.2. The van der Waals surface area contributed by atoms with E-state index in [1.54, 1.807) is 20.0 Å². The number of rotatable bonds is 2. The Hall–Kier alpha value is -2.09. The molecule has 8 heteroatoms. The minimum Gasteiger partial charge on any atom is -0.336 e. The lowest BCUT2D eigenvalue weighted by Crippen LogP contribution is -2.23. The third-order valence-electron chi connectivity index (χ3n) is 2.75. The Kier molecular flexibility index (Phi) is 4.70. The second-order valence-corrected chi connectivity index (χ2v) is 5.70. The predicted molar refractivity (Wildman–Crippen MR) is 78.0 cm³/mol. The highest BCUT2D eigenvalue weighted by Crippen LogP contribution is 2.30. The number of nitrogens with zero attached hydrogens (tertiary/aromatic N) is 2. The molecular weight excluding hydrogens is 315 g/mol. The van der Waals surface area contributed by atoms with Crippen LogP contribution in [0.1, 0.15) is 17.4 Å². The van der Waals surface area contributed by atoms with Crippen molar-refractivity contribution in [2.75, 3.05) is 6.54 Å². The summed E-state index contributed by atoms with van der Waals surface area (Å²) < 4.78 is 39.9. The standard InChI is InChI=1S/C14H14F3N3OS/c1-3-18-12(21)19-13-20(8-9(2)22-13)11-6-4-5-10(7-11)14(15,16)17/h4-8H,3H2,1-2H3,(H,18,21)/b19-13+. The van der Waals surface area contributed by atoms with Crippen molar-refractivity contribution in [1.82, 2.24) is 9.88 Å². The molecule has 0 saturated heterocycles. The molecule has 22 heavy (non-hydrogen) atoms. The predicted octanol–water partition coefficient (Wildman–Crippen LogP) is 3.50. The Morgan fingerprint density at radius 2 is 2.14 bits per heavy atom. The highest BCUT2D eigenvalue weighted by Gasteiger charge is 2.30. The Morgan fingerprint density at radius 3 is 2.77 bits per heavy atom. The number of hydrogen-bond donors (Lipinski definition) is 1. The molecular formula is C14H14F3N3OS. The van der Waals surface area contributed by atoms with Crippen molar-refractivity contribution in [3.05, 3.63) is 45.7 Å². The van der Waals surface area contributed by atoms with Gasteiger partial charge in [0.1, 0.15) is 0 Å². The molecule has 1 aromatic carbocycles. The molecule has 2 aromatic rings. The fourth-order valence-electron chi connectivity index (χ4n) is 1.83. The van der Waals surface area contributed by atoms with Crippen LogP contribution in [0.5, 0.6) is 0 Å². The molecule has 1 heterocycles. The zero-order chi connectivity index (χ0) is 16.3. The SMILES string of the molecule is CCNC(=O)/N=c1/sc(C)cn1-c1cccc(C(F)(F)F)c1. The van der Waals surface area contributed by atoms with Crippen LogP contribution in [-0.2, 0) is 6.18 Å². The lowest BCUT2D eigenvalue weighted by molar-refractivity contribution is -0.137. The summed E-state index contributed by atoms with van der Waals surface area (Å²) >= 11 is 1.23. The monoisotopic (exact) mass is 329 g/mol. The molecule has 4 nitrogen and oxygen atoms in total. The number of alkyl halides is 3. The highest BCUT2D eigenvalue weighted by atomic mass is 32.1. The Labute approximate surface area is 128 Å². The quantitative estimate of drug-likeness (QED) is 0.901. The topological polar surface area (TPSA) is 46.4 Å². The number of benzene rings is 1. The van der Waals surface area contributed by atoms with Gasteiger partial charge in [0, 0.05) is 23.3 Å². The van der Waals surface area contributed by atoms with Gasteiger partial charge in [0.15, 0.2) is 4.80 Å². The molecule has 0 unspecified atom stereocenters. The minimum absolute atomic E-state index is 0.308. The average Bonchev–Trinajstić information content (AvgIpc) is 2.79. The summed E-state index contributed by atoms with van der Waals surface area (Å²) in [6.45, 7) is 3.98. The number of urea groups is 1. The molecule has 0 aliphatic rings. The average molecular weight is 329 g/mol. The van der Waals surface area contributed by atoms with Crippen LogP contribution in [0.2, 0.25) is 0 Å². The van der Waals surface area contributed by atoms with Gasteiger partial charge in [-0.15, -0.1) is 11.3 Å². The second-order valence-electron chi connectivity index (χ2n) is 4.49. The van der Waals surface area contributed by atoms with Gasteiger partial charge in [-0.05, 0) is 32.0 Å². The van der Waals surface area contributed by atoms with Crippen molar-refractivity contribution >= 4 is 17.4 Å². The van der Waals surface area contributed by atoms with E-state index in [9.17, 15) is 18.0 Å². The van der Waals surface area contributed by atoms with Gasteiger partial charge in [0.25, 0.3) is 0 Å². The van der Waals surface area contributed by atoms with E-state index >= 15 is 0 Å². The van der Waals surface area contributed by atoms with Crippen LogP contribution >= 0.6 is 11.3 Å². The van der Waals surface area contributed by atoms with Crippen LogP contribution in [0.4, 0.5) is 18.0 Å². The molecule has 0 fully saturated rings. The summed E-state index contributed by atoms with van der Waals surface area (Å²) in [7, 11) is 0. The van der Waals surface area contributed by atoms with Crippen molar-refractivity contribution in [3.8, 4) is 5.69 Å². The lowest BCUT2D eigenvalue weighted by Gasteiger charge is -2.09. The number of carbonyl (C=O) groups excluding carboxylic acids is 1. The molecule has 0 aliphatic carbocycles. The third kappa shape index (κ3) is 3.76. The molecule has 2 rings (SSSR count). The van der Waals surface area contributed by atoms with Gasteiger partial charge in [-0.1, -0.05) is 6.07 Å². The first-order valence-electron chi connectivity index (χ1n) is 6.50. The summed E-state index contributed by atoms with van der Waals surface area (Å²) in [5, 5.41) is 2.53. The molecule has 118 valence electrons. The van der Waals surface area contributed by atoms with E-state index in [1.165, 1.54) is 28.0 Å². The first kappa shape index (κ1) is 16.3. The van der Waals surface area contributed by atoms with E-state index in [4.69, 9.17) is 0 Å². The largest absolute Gasteiger partial charge is 0.416 e. The van der Waals surface area contributed by atoms with Gasteiger partial charge in [-0.2, -0.15) is 18.2 Å². The van der Waals surface area contributed by atoms with Crippen molar-refractivity contribution < 1.29 is 18.0 Å². The van der Waals surface area contributed by atoms with Crippen LogP contribution < -0.4 is 10.1 Å². The van der Waals surface area contributed by atoms with Crippen LogP contribution in [0.15, 0.2) is 35.5 Å². The Bertz CT molecular complexity index is 746. The summed E-state index contributed by atoms with van der Waals surface area (Å²) in [4.78, 5) is 16.6. The summed E-state index contributed by atoms with van der Waals surface area (Å²) in [6, 6.07) is 4.38. The number of aryl methyl sites for hydroxylation is 1. The summed E-state index contributed by atoms with van der Waals surface area (Å²) in [5.41, 5.74) is -0.437. The van der Waals surface area contributed by atoms with Gasteiger partial charge in [0.05, 0.1) is 5.56 Å². The van der Waals surface area contributed by atoms with Crippen molar-refractivity contribution in [3.63, 3.8) is 0 Å². The molecule has 1 aromatic heterocycles. The smallest absolute Gasteiger partial charge is 0.336 e. The van der Waals surface area contributed by atoms with Gasteiger partial charge >= 0.3 is 12.2 Å². The van der Waals surface area contributed by atoms with Crippen LogP contribution in [0.25, 0.3) is 5.69 Å². The molecule has 0 saturated carbocycles. The summed E-state index contributed by atoms with van der Waals surface area (Å²) in [6.07, 6.45) is -2.77. The second kappa shape index (κ2) is 6.35. The zero-order valence-electron chi connectivity index (χ0n) is 11.9. The van der Waals surface area contributed by atoms with Gasteiger partial charge in [0.2, 0.25) is 0 Å². The van der Waals surface area contributed by atoms with Crippen LogP contribution in [-0.4, -0.2) is 17.1 Å². The van der Waals surface area contributed by atoms with Crippen LogP contribution in [0.3, 0.4) is 0 Å². The van der Waals surface area contributed by atoms with E-state index in [-0.39, 0.29) is 0 Å². The third-order valence-corrected chi connectivity index (χ3v) is 3.64. The normalized spacial score (nSPS) is 12.5. The summed E-state index contributed by atoms with van der Waals surface area (Å²) in [5.74, 6) is 0. The van der Waals surface area contributed by atoms with Gasteiger partial charge < -0.3 is 5.32 Å². The molecule has 0 radical (unpaired) electrons. The Morgan fingerprint density at radius 1 is 1.41 bits per heavy atom. The minimum atomic E-state index is -4.42. The van der Waals surface area contributed by atoms with E-state index in [0.29, 0.717) is 17.0 Å². The molecule has 2 amide bonds. The maximum Gasteiger partial charge on any atom is 0.416 e. The molecule has 0 atom stereocenters. The number of carbonyl (C=O) groups is 1. The maximum absolute atomic E-state index is 12.8. The van der Waals surface area contributed by atoms with Crippen LogP contribution in [0, 0.1) is 6.92 Å². The fraction of sp³-hybridized carbons (Fsp3) is 0.286. The van der Waals surface area contributed by atoms with Gasteiger partial charge in [-0.3, -0.25) is 4.57 Å². The van der Waals surface area contributed by atoms with E-state index < -0.39 is 17.8 Å². The maximum atomic E-state index is 12.8. The zero-order valence-corrected chi connectivity index (χ0v) is 12.8. The van der Waals surface area contributed by atoms with E-state index in [2.05, 4.69) is 10.3 Å². The molecule has 1 N–H and O–H groups in total. The first-order chi connectivity index (χ1) is 10.3. The van der Waals surface area contributed by atoms with E-state index in [1.807, 2.05) is 0 Å². The highest BCUT2D eigenvalue weighted by molar-refractivity contribution is 7.09. The molecule has 0 spiro atoms. The molecule has 0 bridgehead atoms. The Balaban J connectivity index is 2.52.